The zero-order valence-corrected chi connectivity index (χ0v) is 15.9. The molecule has 140 valence electrons. The molecule has 1 aliphatic rings. The summed E-state index contributed by atoms with van der Waals surface area (Å²) in [5, 5.41) is 6.15. The molecule has 1 aromatic rings. The first kappa shape index (κ1) is 21.5. The summed E-state index contributed by atoms with van der Waals surface area (Å²) in [4.78, 5) is 12.0. The molecule has 0 radical (unpaired) electrons. The number of hydrogen-bond acceptors (Lipinski definition) is 5. The summed E-state index contributed by atoms with van der Waals surface area (Å²) >= 11 is 0. The molecule has 1 aliphatic heterocycles. The first-order valence-corrected chi connectivity index (χ1v) is 9.92. The highest BCUT2D eigenvalue weighted by molar-refractivity contribution is 7.90. The molecule has 1 heterocycles. The molecule has 1 aromatic carbocycles. The first-order valence-electron chi connectivity index (χ1n) is 8.03. The lowest BCUT2D eigenvalue weighted by Gasteiger charge is -2.14. The molecule has 6 nitrogen and oxygen atoms in total. The van der Waals surface area contributed by atoms with Crippen LogP contribution in [-0.2, 0) is 14.6 Å². The van der Waals surface area contributed by atoms with E-state index in [4.69, 9.17) is 4.74 Å². The van der Waals surface area contributed by atoms with Crippen molar-refractivity contribution in [2.75, 3.05) is 32.5 Å². The molecular weight excluding hydrogens is 364 g/mol. The fraction of sp³-hybridized carbons (Fsp3) is 0.471. The van der Waals surface area contributed by atoms with Crippen LogP contribution in [0.4, 0.5) is 0 Å². The fourth-order valence-corrected chi connectivity index (χ4v) is 2.97. The molecule has 0 saturated carbocycles. The van der Waals surface area contributed by atoms with Gasteiger partial charge in [-0.25, -0.2) is 8.42 Å². The van der Waals surface area contributed by atoms with Gasteiger partial charge in [-0.3, -0.25) is 4.79 Å². The molecule has 0 atom stereocenters. The summed E-state index contributed by atoms with van der Waals surface area (Å²) in [6, 6.07) is 6.29. The first-order chi connectivity index (χ1) is 11.4. The van der Waals surface area contributed by atoms with E-state index in [-0.39, 0.29) is 23.2 Å². The highest BCUT2D eigenvalue weighted by Crippen LogP contribution is 2.16. The molecule has 0 saturated heterocycles. The van der Waals surface area contributed by atoms with Gasteiger partial charge in [-0.05, 0) is 43.7 Å². The van der Waals surface area contributed by atoms with Gasteiger partial charge in [0.05, 0.1) is 11.5 Å². The van der Waals surface area contributed by atoms with Crippen LogP contribution in [0, 0.1) is 0 Å². The van der Waals surface area contributed by atoms with Crippen LogP contribution >= 0.6 is 12.4 Å². The molecule has 1 amide bonds. The Hall–Kier alpha value is -1.57. The van der Waals surface area contributed by atoms with E-state index in [0.717, 1.165) is 19.5 Å². The van der Waals surface area contributed by atoms with Gasteiger partial charge in [0.25, 0.3) is 0 Å². The smallest absolute Gasteiger partial charge is 0.220 e. The average molecular weight is 389 g/mol. The molecule has 0 unspecified atom stereocenters. The maximum absolute atomic E-state index is 11.8. The van der Waals surface area contributed by atoms with Crippen molar-refractivity contribution in [3.8, 4) is 5.75 Å². The SMILES string of the molecule is CS(=O)(=O)c1ccc(OCCCC(=O)NCC2=CCNCC2)cc1.Cl. The van der Waals surface area contributed by atoms with Crippen molar-refractivity contribution in [3.63, 3.8) is 0 Å². The summed E-state index contributed by atoms with van der Waals surface area (Å²) in [5.74, 6) is 0.619. The van der Waals surface area contributed by atoms with Crippen molar-refractivity contribution in [2.24, 2.45) is 0 Å². The van der Waals surface area contributed by atoms with E-state index in [9.17, 15) is 13.2 Å². The van der Waals surface area contributed by atoms with E-state index >= 15 is 0 Å². The Kier molecular flexibility index (Phi) is 8.96. The molecule has 2 rings (SSSR count). The molecule has 0 aliphatic carbocycles. The number of sulfone groups is 1. The maximum atomic E-state index is 11.8. The van der Waals surface area contributed by atoms with Crippen LogP contribution in [0.25, 0.3) is 0 Å². The Bertz CT molecular complexity index is 687. The number of carbonyl (C=O) groups excluding carboxylic acids is 1. The Morgan fingerprint density at radius 3 is 2.60 bits per heavy atom. The Morgan fingerprint density at radius 2 is 2.00 bits per heavy atom. The Morgan fingerprint density at radius 1 is 1.28 bits per heavy atom. The average Bonchev–Trinajstić information content (AvgIpc) is 2.57. The van der Waals surface area contributed by atoms with Gasteiger partial charge in [0.15, 0.2) is 9.84 Å². The minimum atomic E-state index is -3.19. The highest BCUT2D eigenvalue weighted by Gasteiger charge is 2.07. The molecule has 0 spiro atoms. The molecule has 8 heteroatoms. The van der Waals surface area contributed by atoms with Crippen molar-refractivity contribution in [1.82, 2.24) is 10.6 Å². The number of nitrogens with one attached hydrogen (secondary N) is 2. The number of benzene rings is 1. The van der Waals surface area contributed by atoms with Gasteiger partial charge in [0.2, 0.25) is 5.91 Å². The largest absolute Gasteiger partial charge is 0.494 e. The van der Waals surface area contributed by atoms with Gasteiger partial charge in [0, 0.05) is 25.8 Å². The third-order valence-corrected chi connectivity index (χ3v) is 4.87. The molecular formula is C17H25ClN2O4S. The zero-order chi connectivity index (χ0) is 17.4. The maximum Gasteiger partial charge on any atom is 0.220 e. The number of halogens is 1. The lowest BCUT2D eigenvalue weighted by Crippen LogP contribution is -2.29. The predicted molar refractivity (Wildman–Crippen MR) is 100 cm³/mol. The van der Waals surface area contributed by atoms with Crippen LogP contribution in [0.1, 0.15) is 19.3 Å². The number of hydrogen-bond donors (Lipinski definition) is 2. The van der Waals surface area contributed by atoms with Crippen molar-refractivity contribution in [3.05, 3.63) is 35.9 Å². The number of rotatable bonds is 8. The van der Waals surface area contributed by atoms with Crippen molar-refractivity contribution < 1.29 is 17.9 Å². The van der Waals surface area contributed by atoms with Gasteiger partial charge in [0.1, 0.15) is 5.75 Å². The number of ether oxygens (including phenoxy) is 1. The van der Waals surface area contributed by atoms with E-state index < -0.39 is 9.84 Å². The minimum Gasteiger partial charge on any atom is -0.494 e. The second-order valence-corrected chi connectivity index (χ2v) is 7.80. The zero-order valence-electron chi connectivity index (χ0n) is 14.3. The fourth-order valence-electron chi connectivity index (χ4n) is 2.34. The van der Waals surface area contributed by atoms with Gasteiger partial charge in [-0.2, -0.15) is 0 Å². The Balaban J connectivity index is 0.00000312. The summed E-state index contributed by atoms with van der Waals surface area (Å²) in [5.41, 5.74) is 1.27. The summed E-state index contributed by atoms with van der Waals surface area (Å²) in [6.45, 7) is 2.87. The third-order valence-electron chi connectivity index (χ3n) is 3.74. The number of amides is 1. The van der Waals surface area contributed by atoms with Crippen molar-refractivity contribution >= 4 is 28.2 Å². The van der Waals surface area contributed by atoms with Crippen LogP contribution in [0.2, 0.25) is 0 Å². The van der Waals surface area contributed by atoms with E-state index in [1.54, 1.807) is 12.1 Å². The third kappa shape index (κ3) is 7.90. The van der Waals surface area contributed by atoms with Gasteiger partial charge < -0.3 is 15.4 Å². The van der Waals surface area contributed by atoms with E-state index in [1.165, 1.54) is 24.0 Å². The molecule has 0 fully saturated rings. The quantitative estimate of drug-likeness (QED) is 0.523. The molecule has 0 bridgehead atoms. The standard InChI is InChI=1S/C17H24N2O4S.ClH/c1-24(21,22)16-6-4-15(5-7-16)23-12-2-3-17(20)19-13-14-8-10-18-11-9-14;/h4-8,18H,2-3,9-13H2,1H3,(H,19,20);1H. The number of carbonyl (C=O) groups is 1. The highest BCUT2D eigenvalue weighted by atomic mass is 35.5. The molecule has 0 aromatic heterocycles. The van der Waals surface area contributed by atoms with Crippen molar-refractivity contribution in [1.29, 1.82) is 0 Å². The monoisotopic (exact) mass is 388 g/mol. The minimum absolute atomic E-state index is 0. The van der Waals surface area contributed by atoms with Crippen LogP contribution in [0.15, 0.2) is 40.8 Å². The van der Waals surface area contributed by atoms with E-state index in [0.29, 0.717) is 31.7 Å². The normalized spacial score (nSPS) is 14.2. The second-order valence-electron chi connectivity index (χ2n) is 5.79. The second kappa shape index (κ2) is 10.4. The van der Waals surface area contributed by atoms with Crippen LogP contribution in [-0.4, -0.2) is 46.8 Å². The summed E-state index contributed by atoms with van der Waals surface area (Å²) in [6.07, 6.45) is 5.29. The lowest BCUT2D eigenvalue weighted by atomic mass is 10.1. The van der Waals surface area contributed by atoms with Gasteiger partial charge >= 0.3 is 0 Å². The lowest BCUT2D eigenvalue weighted by molar-refractivity contribution is -0.121. The van der Waals surface area contributed by atoms with Crippen LogP contribution < -0.4 is 15.4 Å². The topological polar surface area (TPSA) is 84.5 Å². The van der Waals surface area contributed by atoms with E-state index in [1.807, 2.05) is 0 Å². The molecule has 2 N–H and O–H groups in total. The molecule has 25 heavy (non-hydrogen) atoms. The van der Waals surface area contributed by atoms with E-state index in [2.05, 4.69) is 16.7 Å². The van der Waals surface area contributed by atoms with Gasteiger partial charge in [-0.15, -0.1) is 12.4 Å². The van der Waals surface area contributed by atoms with Crippen molar-refractivity contribution in [2.45, 2.75) is 24.2 Å². The Labute approximate surface area is 155 Å². The van der Waals surface area contributed by atoms with Crippen LogP contribution in [0.3, 0.4) is 0 Å². The summed E-state index contributed by atoms with van der Waals surface area (Å²) < 4.78 is 28.2. The summed E-state index contributed by atoms with van der Waals surface area (Å²) in [7, 11) is -3.19. The predicted octanol–water partition coefficient (Wildman–Crippen LogP) is 1.71. The van der Waals surface area contributed by atoms with Crippen LogP contribution in [0.5, 0.6) is 5.75 Å². The van der Waals surface area contributed by atoms with Gasteiger partial charge in [-0.1, -0.05) is 11.6 Å².